The molecule has 0 aromatic heterocycles. The molecule has 0 aliphatic carbocycles. The summed E-state index contributed by atoms with van der Waals surface area (Å²) in [5, 5.41) is 0. The van der Waals surface area contributed by atoms with Crippen molar-refractivity contribution in [1.29, 1.82) is 0 Å². The Morgan fingerprint density at radius 3 is 2.50 bits per heavy atom. The third-order valence-electron chi connectivity index (χ3n) is 1.62. The highest BCUT2D eigenvalue weighted by Crippen LogP contribution is 2.11. The van der Waals surface area contributed by atoms with Crippen molar-refractivity contribution in [3.05, 3.63) is 24.3 Å². The van der Waals surface area contributed by atoms with Gasteiger partial charge in [0.1, 0.15) is 5.75 Å². The molecule has 0 radical (unpaired) electrons. The molecular weight excluding hydrogens is 168 g/mol. The summed E-state index contributed by atoms with van der Waals surface area (Å²) in [6, 6.07) is 7.91. The molecule has 12 heavy (non-hydrogen) atoms. The Bertz CT molecular complexity index is 218. The largest absolute Gasteiger partial charge is 0.494 e. The second-order valence-corrected chi connectivity index (χ2v) is 3.30. The summed E-state index contributed by atoms with van der Waals surface area (Å²) < 4.78 is 5.48. The molecule has 0 atom stereocenters. The smallest absolute Gasteiger partial charge is 0.150 e. The van der Waals surface area contributed by atoms with E-state index in [9.17, 15) is 0 Å². The first kappa shape index (κ1) is 9.46. The van der Waals surface area contributed by atoms with Crippen LogP contribution in [0.5, 0.6) is 5.75 Å². The van der Waals surface area contributed by atoms with Gasteiger partial charge in [0.15, 0.2) is 4.90 Å². The molecule has 0 aliphatic rings. The third-order valence-corrected chi connectivity index (χ3v) is 1.95. The van der Waals surface area contributed by atoms with Crippen molar-refractivity contribution in [1.82, 2.24) is 0 Å². The van der Waals surface area contributed by atoms with Gasteiger partial charge in [-0.2, -0.15) is 0 Å². The van der Waals surface area contributed by atoms with Crippen molar-refractivity contribution in [2.24, 2.45) is 0 Å². The lowest BCUT2D eigenvalue weighted by molar-refractivity contribution is 0.309. The van der Waals surface area contributed by atoms with Gasteiger partial charge in [0.2, 0.25) is 0 Å². The van der Waals surface area contributed by atoms with E-state index < -0.39 is 0 Å². The van der Waals surface area contributed by atoms with Gasteiger partial charge in [-0.25, -0.2) is 0 Å². The average molecular weight is 183 g/mol. The summed E-state index contributed by atoms with van der Waals surface area (Å²) >= 11 is 3.42. The number of ether oxygens (including phenoxy) is 1. The quantitative estimate of drug-likeness (QED) is 0.514. The zero-order chi connectivity index (χ0) is 8.81. The lowest BCUT2D eigenvalue weighted by atomic mass is 10.3. The van der Waals surface area contributed by atoms with Crippen molar-refractivity contribution in [3.63, 3.8) is 0 Å². The maximum absolute atomic E-state index is 5.48. The molecule has 2 heteroatoms. The van der Waals surface area contributed by atoms with Crippen LogP contribution >= 0.6 is 0 Å². The Labute approximate surface area is 79.2 Å². The van der Waals surface area contributed by atoms with E-state index in [1.807, 2.05) is 24.3 Å². The SMILES string of the molecule is CCCCOc1ccc([SH2+])cc1. The summed E-state index contributed by atoms with van der Waals surface area (Å²) in [4.78, 5) is 1.08. The van der Waals surface area contributed by atoms with E-state index in [-0.39, 0.29) is 0 Å². The molecule has 0 bridgehead atoms. The molecule has 1 nitrogen and oxygen atoms in total. The molecule has 0 fully saturated rings. The van der Waals surface area contributed by atoms with Crippen molar-refractivity contribution < 1.29 is 4.74 Å². The van der Waals surface area contributed by atoms with Crippen LogP contribution in [0.1, 0.15) is 19.8 Å². The number of hydrogen-bond donors (Lipinski definition) is 0. The van der Waals surface area contributed by atoms with E-state index in [0.29, 0.717) is 0 Å². The van der Waals surface area contributed by atoms with Gasteiger partial charge < -0.3 is 4.74 Å². The van der Waals surface area contributed by atoms with E-state index >= 15 is 0 Å². The summed E-state index contributed by atoms with van der Waals surface area (Å²) in [6.07, 6.45) is 2.30. The third kappa shape index (κ3) is 3.18. The second-order valence-electron chi connectivity index (χ2n) is 2.73. The predicted octanol–water partition coefficient (Wildman–Crippen LogP) is 2.24. The van der Waals surface area contributed by atoms with Gasteiger partial charge >= 0.3 is 0 Å². The summed E-state index contributed by atoms with van der Waals surface area (Å²) in [7, 11) is 0. The van der Waals surface area contributed by atoms with Gasteiger partial charge in [-0.05, 0) is 43.3 Å². The van der Waals surface area contributed by atoms with Gasteiger partial charge in [-0.3, -0.25) is 0 Å². The molecule has 0 N–H and O–H groups in total. The summed E-state index contributed by atoms with van der Waals surface area (Å²) in [5.41, 5.74) is 0. The molecule has 0 saturated heterocycles. The maximum atomic E-state index is 5.48. The van der Waals surface area contributed by atoms with E-state index in [0.717, 1.165) is 23.7 Å². The van der Waals surface area contributed by atoms with Crippen LogP contribution in [0.2, 0.25) is 0 Å². The fourth-order valence-electron chi connectivity index (χ4n) is 0.886. The van der Waals surface area contributed by atoms with Crippen LogP contribution in [-0.4, -0.2) is 6.61 Å². The van der Waals surface area contributed by atoms with Gasteiger partial charge in [0.05, 0.1) is 6.61 Å². The fraction of sp³-hybridized carbons (Fsp3) is 0.400. The van der Waals surface area contributed by atoms with Crippen LogP contribution in [0.3, 0.4) is 0 Å². The molecule has 0 amide bonds. The molecule has 1 rings (SSSR count). The first-order chi connectivity index (χ1) is 5.83. The topological polar surface area (TPSA) is 9.23 Å². The van der Waals surface area contributed by atoms with Crippen molar-refractivity contribution in [2.75, 3.05) is 6.61 Å². The minimum absolute atomic E-state index is 0.817. The Morgan fingerprint density at radius 1 is 1.25 bits per heavy atom. The normalized spacial score (nSPS) is 9.83. The van der Waals surface area contributed by atoms with Crippen molar-refractivity contribution in [2.45, 2.75) is 24.7 Å². The highest BCUT2D eigenvalue weighted by atomic mass is 32.1. The number of unbranched alkanes of at least 4 members (excludes halogenated alkanes) is 1. The fourth-order valence-corrected chi connectivity index (χ4v) is 1.05. The van der Waals surface area contributed by atoms with Crippen LogP contribution in [0, 0.1) is 0 Å². The first-order valence-corrected chi connectivity index (χ1v) is 4.77. The van der Waals surface area contributed by atoms with E-state index in [2.05, 4.69) is 19.6 Å². The highest BCUT2D eigenvalue weighted by Gasteiger charge is 1.94. The molecular formula is C10H15OS+. The van der Waals surface area contributed by atoms with Gasteiger partial charge in [0.25, 0.3) is 0 Å². The zero-order valence-corrected chi connectivity index (χ0v) is 8.34. The Kier molecular flexibility index (Phi) is 4.01. The zero-order valence-electron chi connectivity index (χ0n) is 7.34. The van der Waals surface area contributed by atoms with Gasteiger partial charge in [-0.1, -0.05) is 13.3 Å². The molecule has 0 heterocycles. The molecule has 0 saturated carbocycles. The summed E-state index contributed by atoms with van der Waals surface area (Å²) in [5.74, 6) is 0.949. The highest BCUT2D eigenvalue weighted by molar-refractivity contribution is 7.58. The Morgan fingerprint density at radius 2 is 1.92 bits per heavy atom. The van der Waals surface area contributed by atoms with Crippen LogP contribution < -0.4 is 4.74 Å². The molecule has 1 aromatic rings. The van der Waals surface area contributed by atoms with Crippen LogP contribution in [0.15, 0.2) is 29.2 Å². The lowest BCUT2D eigenvalue weighted by Crippen LogP contribution is -1.95. The van der Waals surface area contributed by atoms with Crippen LogP contribution in [-0.2, 0) is 12.6 Å². The van der Waals surface area contributed by atoms with Crippen LogP contribution in [0.25, 0.3) is 0 Å². The minimum Gasteiger partial charge on any atom is -0.494 e. The monoisotopic (exact) mass is 183 g/mol. The van der Waals surface area contributed by atoms with Gasteiger partial charge in [-0.15, -0.1) is 0 Å². The Hall–Kier alpha value is -0.630. The number of benzene rings is 1. The van der Waals surface area contributed by atoms with E-state index in [1.165, 1.54) is 6.42 Å². The molecule has 0 spiro atoms. The average Bonchev–Trinajstić information content (AvgIpc) is 2.09. The standard InChI is InChI=1S/C10H14OS/c1-2-3-8-11-9-4-6-10(12)7-5-9/h4-7,12H,2-3,8H2,1H3/p+1. The first-order valence-electron chi connectivity index (χ1n) is 4.27. The van der Waals surface area contributed by atoms with E-state index in [1.54, 1.807) is 0 Å². The molecule has 0 aliphatic heterocycles. The van der Waals surface area contributed by atoms with Gasteiger partial charge in [0, 0.05) is 0 Å². The minimum atomic E-state index is 0.817. The predicted molar refractivity (Wildman–Crippen MR) is 55.3 cm³/mol. The second kappa shape index (κ2) is 5.09. The molecule has 66 valence electrons. The number of hydrogen-bond acceptors (Lipinski definition) is 1. The number of rotatable bonds is 4. The molecule has 1 aromatic carbocycles. The molecule has 0 unspecified atom stereocenters. The van der Waals surface area contributed by atoms with Crippen molar-refractivity contribution in [3.8, 4) is 5.75 Å². The maximum Gasteiger partial charge on any atom is 0.150 e. The van der Waals surface area contributed by atoms with Crippen molar-refractivity contribution >= 4 is 12.6 Å². The van der Waals surface area contributed by atoms with Crippen LogP contribution in [0.4, 0.5) is 0 Å². The summed E-state index contributed by atoms with van der Waals surface area (Å²) in [6.45, 7) is 2.97. The Balaban J connectivity index is 2.37. The van der Waals surface area contributed by atoms with E-state index in [4.69, 9.17) is 4.74 Å². The lowest BCUT2D eigenvalue weighted by Gasteiger charge is -2.03.